The summed E-state index contributed by atoms with van der Waals surface area (Å²) in [4.78, 5) is 2.61. The van der Waals surface area contributed by atoms with Gasteiger partial charge in [-0.15, -0.1) is 0 Å². The van der Waals surface area contributed by atoms with Crippen LogP contribution in [0.15, 0.2) is 29.8 Å². The fraction of sp³-hybridized carbons (Fsp3) is 0.579. The number of rotatable bonds is 3. The normalized spacial score (nSPS) is 15.2. The molecule has 1 aliphatic heterocycles. The summed E-state index contributed by atoms with van der Waals surface area (Å²) in [6, 6.07) is 8.76. The maximum atomic E-state index is 2.61. The Balaban J connectivity index is 0.000000956. The first kappa shape index (κ1) is 17.0. The van der Waals surface area contributed by atoms with Gasteiger partial charge in [-0.05, 0) is 63.4 Å². The molecule has 0 bridgehead atoms. The van der Waals surface area contributed by atoms with Gasteiger partial charge in [0.1, 0.15) is 0 Å². The number of nitrogens with zero attached hydrogens (tertiary/aromatic N) is 1. The Morgan fingerprint density at radius 2 is 1.60 bits per heavy atom. The first-order valence-corrected chi connectivity index (χ1v) is 8.13. The van der Waals surface area contributed by atoms with Crippen molar-refractivity contribution in [3.8, 4) is 0 Å². The van der Waals surface area contributed by atoms with Crippen LogP contribution in [0, 0.1) is 6.92 Å². The molecule has 1 heterocycles. The molecule has 112 valence electrons. The van der Waals surface area contributed by atoms with Gasteiger partial charge in [-0.2, -0.15) is 0 Å². The van der Waals surface area contributed by atoms with Crippen LogP contribution >= 0.6 is 0 Å². The standard InChI is InChI=1S/C17H25N.C2H6/c1-14(2)17(13-18-11-7-4-8-12-18)16-10-6-5-9-15(16)3;1-2/h5-6,9-10H,4,7-8,11-13H2,1-3H3;1-2H3. The fourth-order valence-electron chi connectivity index (χ4n) is 2.77. The number of benzene rings is 1. The Kier molecular flexibility index (Phi) is 7.61. The highest BCUT2D eigenvalue weighted by molar-refractivity contribution is 5.71. The van der Waals surface area contributed by atoms with E-state index in [4.69, 9.17) is 0 Å². The molecular weight excluding hydrogens is 242 g/mol. The number of piperidine rings is 1. The third-order valence-corrected chi connectivity index (χ3v) is 3.90. The monoisotopic (exact) mass is 273 g/mol. The van der Waals surface area contributed by atoms with E-state index < -0.39 is 0 Å². The number of aryl methyl sites for hydroxylation is 1. The molecule has 0 unspecified atom stereocenters. The van der Waals surface area contributed by atoms with E-state index in [0.717, 1.165) is 6.54 Å². The lowest BCUT2D eigenvalue weighted by Gasteiger charge is -2.28. The second kappa shape index (κ2) is 8.97. The van der Waals surface area contributed by atoms with Crippen LogP contribution in [0.4, 0.5) is 0 Å². The predicted octanol–water partition coefficient (Wildman–Crippen LogP) is 5.30. The van der Waals surface area contributed by atoms with Gasteiger partial charge in [-0.3, -0.25) is 4.90 Å². The summed E-state index contributed by atoms with van der Waals surface area (Å²) < 4.78 is 0. The van der Waals surface area contributed by atoms with Crippen LogP contribution < -0.4 is 0 Å². The average Bonchev–Trinajstić information content (AvgIpc) is 2.49. The predicted molar refractivity (Wildman–Crippen MR) is 91.1 cm³/mol. The van der Waals surface area contributed by atoms with Gasteiger partial charge in [0.15, 0.2) is 0 Å². The molecule has 0 aliphatic carbocycles. The lowest BCUT2D eigenvalue weighted by Crippen LogP contribution is -2.31. The minimum Gasteiger partial charge on any atom is -0.299 e. The molecule has 0 radical (unpaired) electrons. The Morgan fingerprint density at radius 3 is 2.15 bits per heavy atom. The Labute approximate surface area is 125 Å². The number of hydrogen-bond donors (Lipinski definition) is 0. The summed E-state index contributed by atoms with van der Waals surface area (Å²) in [6.07, 6.45) is 4.14. The van der Waals surface area contributed by atoms with Gasteiger partial charge in [-0.25, -0.2) is 0 Å². The van der Waals surface area contributed by atoms with E-state index in [-0.39, 0.29) is 0 Å². The lowest BCUT2D eigenvalue weighted by atomic mass is 9.96. The second-order valence-corrected chi connectivity index (χ2v) is 5.63. The Hall–Kier alpha value is -1.08. The summed E-state index contributed by atoms with van der Waals surface area (Å²) in [5.41, 5.74) is 5.80. The van der Waals surface area contributed by atoms with Crippen LogP contribution in [0.5, 0.6) is 0 Å². The highest BCUT2D eigenvalue weighted by Crippen LogP contribution is 2.24. The minimum atomic E-state index is 1.12. The van der Waals surface area contributed by atoms with Crippen LogP contribution in [-0.4, -0.2) is 24.5 Å². The number of allylic oxidation sites excluding steroid dienone is 1. The second-order valence-electron chi connectivity index (χ2n) is 5.63. The lowest BCUT2D eigenvalue weighted by molar-refractivity contribution is 0.255. The van der Waals surface area contributed by atoms with E-state index in [1.54, 1.807) is 0 Å². The zero-order chi connectivity index (χ0) is 15.0. The molecule has 1 aliphatic rings. The molecule has 1 aromatic carbocycles. The molecule has 1 saturated heterocycles. The van der Waals surface area contributed by atoms with Crippen LogP contribution in [0.25, 0.3) is 5.57 Å². The molecule has 0 aromatic heterocycles. The maximum absolute atomic E-state index is 2.61. The molecular formula is C19H31N. The van der Waals surface area contributed by atoms with Gasteiger partial charge >= 0.3 is 0 Å². The van der Waals surface area contributed by atoms with Crippen molar-refractivity contribution in [2.24, 2.45) is 0 Å². The van der Waals surface area contributed by atoms with Crippen LogP contribution in [-0.2, 0) is 0 Å². The molecule has 0 N–H and O–H groups in total. The highest BCUT2D eigenvalue weighted by Gasteiger charge is 2.14. The van der Waals surface area contributed by atoms with Crippen molar-refractivity contribution >= 4 is 5.57 Å². The summed E-state index contributed by atoms with van der Waals surface area (Å²) in [6.45, 7) is 14.4. The van der Waals surface area contributed by atoms with Crippen molar-refractivity contribution in [3.63, 3.8) is 0 Å². The largest absolute Gasteiger partial charge is 0.299 e. The Bertz CT molecular complexity index is 421. The average molecular weight is 273 g/mol. The van der Waals surface area contributed by atoms with Crippen molar-refractivity contribution < 1.29 is 0 Å². The van der Waals surface area contributed by atoms with E-state index in [0.29, 0.717) is 0 Å². The topological polar surface area (TPSA) is 3.24 Å². The van der Waals surface area contributed by atoms with Crippen molar-refractivity contribution in [1.29, 1.82) is 0 Å². The molecule has 0 amide bonds. The quantitative estimate of drug-likeness (QED) is 0.722. The summed E-state index contributed by atoms with van der Waals surface area (Å²) in [7, 11) is 0. The van der Waals surface area contributed by atoms with Gasteiger partial charge in [-0.1, -0.05) is 50.1 Å². The number of hydrogen-bond acceptors (Lipinski definition) is 1. The molecule has 1 aromatic rings. The zero-order valence-electron chi connectivity index (χ0n) is 14.0. The smallest absolute Gasteiger partial charge is 0.0239 e. The fourth-order valence-corrected chi connectivity index (χ4v) is 2.77. The van der Waals surface area contributed by atoms with Crippen molar-refractivity contribution in [3.05, 3.63) is 41.0 Å². The summed E-state index contributed by atoms with van der Waals surface area (Å²) >= 11 is 0. The van der Waals surface area contributed by atoms with Gasteiger partial charge in [0, 0.05) is 6.54 Å². The molecule has 2 rings (SSSR count). The van der Waals surface area contributed by atoms with E-state index in [2.05, 4.69) is 49.9 Å². The van der Waals surface area contributed by atoms with Gasteiger partial charge in [0.2, 0.25) is 0 Å². The van der Waals surface area contributed by atoms with Crippen molar-refractivity contribution in [2.45, 2.75) is 53.9 Å². The van der Waals surface area contributed by atoms with Crippen LogP contribution in [0.3, 0.4) is 0 Å². The molecule has 1 fully saturated rings. The SMILES string of the molecule is CC.CC(C)=C(CN1CCCCC1)c1ccccc1C. The van der Waals surface area contributed by atoms with Crippen molar-refractivity contribution in [1.82, 2.24) is 4.90 Å². The number of likely N-dealkylation sites (tertiary alicyclic amines) is 1. The zero-order valence-corrected chi connectivity index (χ0v) is 14.0. The van der Waals surface area contributed by atoms with E-state index in [1.165, 1.54) is 54.6 Å². The maximum Gasteiger partial charge on any atom is 0.0239 e. The molecule has 0 saturated carbocycles. The first-order chi connectivity index (χ1) is 9.68. The third kappa shape index (κ3) is 4.79. The Morgan fingerprint density at radius 1 is 1.00 bits per heavy atom. The van der Waals surface area contributed by atoms with E-state index >= 15 is 0 Å². The summed E-state index contributed by atoms with van der Waals surface area (Å²) in [5, 5.41) is 0. The highest BCUT2D eigenvalue weighted by atomic mass is 15.1. The molecule has 20 heavy (non-hydrogen) atoms. The van der Waals surface area contributed by atoms with E-state index in [9.17, 15) is 0 Å². The summed E-state index contributed by atoms with van der Waals surface area (Å²) in [5.74, 6) is 0. The van der Waals surface area contributed by atoms with Crippen LogP contribution in [0.1, 0.15) is 58.1 Å². The molecule has 0 spiro atoms. The van der Waals surface area contributed by atoms with Gasteiger partial charge in [0.25, 0.3) is 0 Å². The molecule has 1 heteroatoms. The molecule has 0 atom stereocenters. The van der Waals surface area contributed by atoms with Gasteiger partial charge < -0.3 is 0 Å². The van der Waals surface area contributed by atoms with E-state index in [1.807, 2.05) is 13.8 Å². The van der Waals surface area contributed by atoms with Crippen LogP contribution in [0.2, 0.25) is 0 Å². The third-order valence-electron chi connectivity index (χ3n) is 3.90. The van der Waals surface area contributed by atoms with Gasteiger partial charge in [0.05, 0.1) is 0 Å². The van der Waals surface area contributed by atoms with Crippen molar-refractivity contribution in [2.75, 3.05) is 19.6 Å². The minimum absolute atomic E-state index is 1.12. The first-order valence-electron chi connectivity index (χ1n) is 8.13. The molecule has 1 nitrogen and oxygen atoms in total.